The zero-order chi connectivity index (χ0) is 20.5. The zero-order valence-electron chi connectivity index (χ0n) is 16.2. The first-order valence-corrected chi connectivity index (χ1v) is 9.37. The van der Waals surface area contributed by atoms with Crippen LogP contribution in [-0.4, -0.2) is 36.1 Å². The molecule has 0 spiro atoms. The van der Waals surface area contributed by atoms with Crippen molar-refractivity contribution >= 4 is 11.7 Å². The Morgan fingerprint density at radius 2 is 1.72 bits per heavy atom. The summed E-state index contributed by atoms with van der Waals surface area (Å²) >= 11 is 0. The third kappa shape index (κ3) is 5.75. The van der Waals surface area contributed by atoms with Gasteiger partial charge in [-0.15, -0.1) is 0 Å². The van der Waals surface area contributed by atoms with Crippen LogP contribution in [0.3, 0.4) is 0 Å². The standard InChI is InChI=1S/C22H23FN4O2/c1-29-20-9-5-3-7-17(20)11-12-24-21-14-19(26-15-27-21)22(28)25-13-10-16-6-2-4-8-18(16)23/h2-9,14-15H,10-13H2,1H3,(H,25,28)(H,24,26,27). The Labute approximate surface area is 169 Å². The molecule has 0 saturated carbocycles. The Morgan fingerprint density at radius 3 is 2.52 bits per heavy atom. The number of carbonyl (C=O) groups excluding carboxylic acids is 1. The predicted octanol–water partition coefficient (Wildman–Crippen LogP) is 3.25. The molecule has 2 N–H and O–H groups in total. The normalized spacial score (nSPS) is 10.4. The number of benzene rings is 2. The fourth-order valence-corrected chi connectivity index (χ4v) is 2.92. The maximum absolute atomic E-state index is 13.6. The molecule has 6 nitrogen and oxygen atoms in total. The van der Waals surface area contributed by atoms with E-state index in [4.69, 9.17) is 4.74 Å². The molecule has 150 valence electrons. The lowest BCUT2D eigenvalue weighted by Gasteiger charge is -2.10. The molecule has 1 aromatic heterocycles. The number of nitrogens with one attached hydrogen (secondary N) is 2. The summed E-state index contributed by atoms with van der Waals surface area (Å²) < 4.78 is 19.0. The topological polar surface area (TPSA) is 76.1 Å². The van der Waals surface area contributed by atoms with E-state index in [-0.39, 0.29) is 17.4 Å². The second-order valence-electron chi connectivity index (χ2n) is 6.37. The number of aromatic nitrogens is 2. The molecule has 0 atom stereocenters. The van der Waals surface area contributed by atoms with E-state index in [0.717, 1.165) is 17.7 Å². The first kappa shape index (κ1) is 20.3. The number of rotatable bonds is 9. The van der Waals surface area contributed by atoms with Crippen LogP contribution in [0.5, 0.6) is 5.75 Å². The molecule has 2 aromatic carbocycles. The van der Waals surface area contributed by atoms with E-state index in [1.54, 1.807) is 31.4 Å². The Bertz CT molecular complexity index is 965. The molecule has 0 bridgehead atoms. The number of halogens is 1. The average molecular weight is 394 g/mol. The largest absolute Gasteiger partial charge is 0.496 e. The van der Waals surface area contributed by atoms with Gasteiger partial charge in [-0.2, -0.15) is 0 Å². The van der Waals surface area contributed by atoms with Gasteiger partial charge < -0.3 is 15.4 Å². The van der Waals surface area contributed by atoms with E-state index in [1.807, 2.05) is 24.3 Å². The number of methoxy groups -OCH3 is 1. The van der Waals surface area contributed by atoms with Gasteiger partial charge in [0.05, 0.1) is 7.11 Å². The minimum absolute atomic E-state index is 0.258. The van der Waals surface area contributed by atoms with Gasteiger partial charge in [-0.1, -0.05) is 36.4 Å². The highest BCUT2D eigenvalue weighted by Crippen LogP contribution is 2.17. The third-order valence-corrected chi connectivity index (χ3v) is 4.43. The number of ether oxygens (including phenoxy) is 1. The first-order valence-electron chi connectivity index (χ1n) is 9.37. The zero-order valence-corrected chi connectivity index (χ0v) is 16.2. The van der Waals surface area contributed by atoms with E-state index in [0.29, 0.717) is 30.9 Å². The van der Waals surface area contributed by atoms with Crippen molar-refractivity contribution in [3.8, 4) is 5.75 Å². The van der Waals surface area contributed by atoms with Crippen LogP contribution >= 0.6 is 0 Å². The summed E-state index contributed by atoms with van der Waals surface area (Å²) in [6.07, 6.45) is 2.50. The number of anilines is 1. The number of carbonyl (C=O) groups is 1. The van der Waals surface area contributed by atoms with Crippen molar-refractivity contribution in [3.63, 3.8) is 0 Å². The lowest BCUT2D eigenvalue weighted by atomic mass is 10.1. The number of nitrogens with zero attached hydrogens (tertiary/aromatic N) is 2. The van der Waals surface area contributed by atoms with E-state index >= 15 is 0 Å². The van der Waals surface area contributed by atoms with E-state index in [1.165, 1.54) is 12.4 Å². The molecular weight excluding hydrogens is 371 g/mol. The Hall–Kier alpha value is -3.48. The van der Waals surface area contributed by atoms with Crippen LogP contribution in [0.25, 0.3) is 0 Å². The summed E-state index contributed by atoms with van der Waals surface area (Å²) in [4.78, 5) is 20.5. The van der Waals surface area contributed by atoms with Crippen molar-refractivity contribution < 1.29 is 13.9 Å². The summed E-state index contributed by atoms with van der Waals surface area (Å²) in [5.41, 5.74) is 1.91. The fourth-order valence-electron chi connectivity index (χ4n) is 2.92. The van der Waals surface area contributed by atoms with Crippen molar-refractivity contribution in [2.45, 2.75) is 12.8 Å². The van der Waals surface area contributed by atoms with Crippen molar-refractivity contribution in [1.82, 2.24) is 15.3 Å². The van der Waals surface area contributed by atoms with Crippen LogP contribution in [0.4, 0.5) is 10.2 Å². The van der Waals surface area contributed by atoms with Crippen molar-refractivity contribution in [1.29, 1.82) is 0 Å². The van der Waals surface area contributed by atoms with Crippen LogP contribution in [0, 0.1) is 5.82 Å². The van der Waals surface area contributed by atoms with Gasteiger partial charge in [0.15, 0.2) is 0 Å². The van der Waals surface area contributed by atoms with E-state index in [9.17, 15) is 9.18 Å². The molecule has 1 heterocycles. The monoisotopic (exact) mass is 394 g/mol. The quantitative estimate of drug-likeness (QED) is 0.583. The second kappa shape index (κ2) is 10.2. The van der Waals surface area contributed by atoms with Gasteiger partial charge in [-0.3, -0.25) is 4.79 Å². The number of para-hydroxylation sites is 1. The molecule has 29 heavy (non-hydrogen) atoms. The molecule has 0 radical (unpaired) electrons. The predicted molar refractivity (Wildman–Crippen MR) is 110 cm³/mol. The van der Waals surface area contributed by atoms with Gasteiger partial charge in [0.1, 0.15) is 29.4 Å². The molecule has 7 heteroatoms. The minimum Gasteiger partial charge on any atom is -0.496 e. The smallest absolute Gasteiger partial charge is 0.270 e. The summed E-state index contributed by atoms with van der Waals surface area (Å²) in [5.74, 6) is 0.808. The summed E-state index contributed by atoms with van der Waals surface area (Å²) in [6.45, 7) is 0.950. The lowest BCUT2D eigenvalue weighted by molar-refractivity contribution is 0.0949. The van der Waals surface area contributed by atoms with Gasteiger partial charge in [0.25, 0.3) is 5.91 Å². The maximum Gasteiger partial charge on any atom is 0.270 e. The summed E-state index contributed by atoms with van der Waals surface area (Å²) in [5, 5.41) is 5.95. The number of amides is 1. The minimum atomic E-state index is -0.323. The molecule has 0 unspecified atom stereocenters. The molecule has 1 amide bonds. The lowest BCUT2D eigenvalue weighted by Crippen LogP contribution is -2.27. The molecule has 0 fully saturated rings. The second-order valence-corrected chi connectivity index (χ2v) is 6.37. The molecule has 0 aliphatic carbocycles. The Balaban J connectivity index is 1.50. The van der Waals surface area contributed by atoms with Crippen LogP contribution in [0.1, 0.15) is 21.6 Å². The van der Waals surface area contributed by atoms with Crippen LogP contribution < -0.4 is 15.4 Å². The molecular formula is C22H23FN4O2. The van der Waals surface area contributed by atoms with E-state index in [2.05, 4.69) is 20.6 Å². The van der Waals surface area contributed by atoms with Crippen LogP contribution in [0.2, 0.25) is 0 Å². The molecule has 0 aliphatic rings. The SMILES string of the molecule is COc1ccccc1CCNc1cc(C(=O)NCCc2ccccc2F)ncn1. The summed E-state index contributed by atoms with van der Waals surface area (Å²) in [7, 11) is 1.65. The highest BCUT2D eigenvalue weighted by atomic mass is 19.1. The molecule has 0 saturated heterocycles. The van der Waals surface area contributed by atoms with Crippen molar-refractivity contribution in [2.24, 2.45) is 0 Å². The average Bonchev–Trinajstić information content (AvgIpc) is 2.75. The Morgan fingerprint density at radius 1 is 1.00 bits per heavy atom. The fraction of sp³-hybridized carbons (Fsp3) is 0.227. The van der Waals surface area contributed by atoms with Crippen LogP contribution in [-0.2, 0) is 12.8 Å². The number of hydrogen-bond acceptors (Lipinski definition) is 5. The number of hydrogen-bond donors (Lipinski definition) is 2. The molecule has 3 rings (SSSR count). The highest BCUT2D eigenvalue weighted by molar-refractivity contribution is 5.92. The Kier molecular flexibility index (Phi) is 7.10. The maximum atomic E-state index is 13.6. The molecule has 0 aliphatic heterocycles. The van der Waals surface area contributed by atoms with Gasteiger partial charge >= 0.3 is 0 Å². The van der Waals surface area contributed by atoms with Gasteiger partial charge in [-0.05, 0) is 36.1 Å². The van der Waals surface area contributed by atoms with Gasteiger partial charge in [-0.25, -0.2) is 14.4 Å². The molecule has 3 aromatic rings. The van der Waals surface area contributed by atoms with Gasteiger partial charge in [0.2, 0.25) is 0 Å². The first-order chi connectivity index (χ1) is 14.2. The van der Waals surface area contributed by atoms with Gasteiger partial charge in [0, 0.05) is 19.2 Å². The third-order valence-electron chi connectivity index (χ3n) is 4.43. The van der Waals surface area contributed by atoms with Crippen molar-refractivity contribution in [3.05, 3.63) is 83.6 Å². The highest BCUT2D eigenvalue weighted by Gasteiger charge is 2.09. The van der Waals surface area contributed by atoms with E-state index < -0.39 is 0 Å². The van der Waals surface area contributed by atoms with Crippen molar-refractivity contribution in [2.75, 3.05) is 25.5 Å². The van der Waals surface area contributed by atoms with Crippen LogP contribution in [0.15, 0.2) is 60.9 Å². The summed E-state index contributed by atoms with van der Waals surface area (Å²) in [6, 6.07) is 15.9.